The maximum atomic E-state index is 5.86. The first kappa shape index (κ1) is 14.0. The fourth-order valence-corrected chi connectivity index (χ4v) is 1.15. The topological polar surface area (TPSA) is 82.3 Å². The molecule has 1 aromatic rings. The van der Waals surface area contributed by atoms with E-state index in [1.54, 1.807) is 0 Å². The van der Waals surface area contributed by atoms with Crippen LogP contribution in [0.2, 0.25) is 5.02 Å². The van der Waals surface area contributed by atoms with Gasteiger partial charge in [-0.1, -0.05) is 11.6 Å². The first-order valence-corrected chi connectivity index (χ1v) is 5.56. The van der Waals surface area contributed by atoms with E-state index in [1.165, 1.54) is 6.20 Å². The van der Waals surface area contributed by atoms with Crippen molar-refractivity contribution in [3.8, 4) is 5.88 Å². The molecule has 1 heterocycles. The third-order valence-corrected chi connectivity index (χ3v) is 1.96. The van der Waals surface area contributed by atoms with E-state index in [4.69, 9.17) is 26.9 Å². The molecule has 0 saturated heterocycles. The highest BCUT2D eigenvalue weighted by atomic mass is 35.5. The number of rotatable bonds is 5. The molecule has 0 unspecified atom stereocenters. The van der Waals surface area contributed by atoms with Crippen molar-refractivity contribution in [1.82, 2.24) is 9.97 Å². The summed E-state index contributed by atoms with van der Waals surface area (Å²) < 4.78 is 10.9. The maximum absolute atomic E-state index is 5.86. The lowest BCUT2D eigenvalue weighted by Crippen LogP contribution is -2.22. The zero-order chi connectivity index (χ0) is 12.9. The van der Waals surface area contributed by atoms with Crippen molar-refractivity contribution < 1.29 is 9.47 Å². The lowest BCUT2D eigenvalue weighted by atomic mass is 10.2. The molecule has 3 N–H and O–H groups in total. The summed E-state index contributed by atoms with van der Waals surface area (Å²) in [5, 5.41) is 0.333. The number of anilines is 1. The Morgan fingerprint density at radius 3 is 2.71 bits per heavy atom. The van der Waals surface area contributed by atoms with Crippen molar-refractivity contribution in [2.75, 3.05) is 18.6 Å². The summed E-state index contributed by atoms with van der Waals surface area (Å²) in [6, 6.07) is 0. The summed E-state index contributed by atoms with van der Waals surface area (Å²) in [4.78, 5) is 7.80. The van der Waals surface area contributed by atoms with Gasteiger partial charge in [-0.2, -0.15) is 4.98 Å². The van der Waals surface area contributed by atoms with E-state index < -0.39 is 0 Å². The van der Waals surface area contributed by atoms with Gasteiger partial charge < -0.3 is 9.47 Å². The molecule has 0 spiro atoms. The van der Waals surface area contributed by atoms with Gasteiger partial charge in [-0.3, -0.25) is 5.43 Å². The van der Waals surface area contributed by atoms with E-state index >= 15 is 0 Å². The fourth-order valence-electron chi connectivity index (χ4n) is 1.01. The quantitative estimate of drug-likeness (QED) is 0.476. The van der Waals surface area contributed by atoms with Crippen LogP contribution in [0.5, 0.6) is 5.88 Å². The van der Waals surface area contributed by atoms with Gasteiger partial charge in [-0.15, -0.1) is 0 Å². The zero-order valence-electron chi connectivity index (χ0n) is 10.2. The summed E-state index contributed by atoms with van der Waals surface area (Å²) in [6.45, 7) is 6.73. The number of nitrogens with two attached hydrogens (primary N) is 1. The molecule has 17 heavy (non-hydrogen) atoms. The van der Waals surface area contributed by atoms with E-state index in [0.29, 0.717) is 18.2 Å². The third-order valence-electron chi connectivity index (χ3n) is 1.70. The Balaban J connectivity index is 2.46. The molecule has 0 radical (unpaired) electrons. The smallest absolute Gasteiger partial charge is 0.240 e. The number of hydrazine groups is 1. The predicted molar refractivity (Wildman–Crippen MR) is 66.1 cm³/mol. The molecule has 1 aromatic heterocycles. The highest BCUT2D eigenvalue weighted by Crippen LogP contribution is 2.21. The molecule has 0 atom stereocenters. The molecule has 0 bridgehead atoms. The van der Waals surface area contributed by atoms with E-state index in [2.05, 4.69) is 15.4 Å². The van der Waals surface area contributed by atoms with Gasteiger partial charge in [0.1, 0.15) is 11.6 Å². The van der Waals surface area contributed by atoms with Crippen LogP contribution in [0.3, 0.4) is 0 Å². The second-order valence-electron chi connectivity index (χ2n) is 4.30. The second kappa shape index (κ2) is 6.00. The minimum atomic E-state index is -0.192. The average Bonchev–Trinajstić information content (AvgIpc) is 2.25. The van der Waals surface area contributed by atoms with Gasteiger partial charge in [-0.25, -0.2) is 10.8 Å². The first-order chi connectivity index (χ1) is 7.92. The molecule has 0 amide bonds. The summed E-state index contributed by atoms with van der Waals surface area (Å²) in [7, 11) is 0. The first-order valence-electron chi connectivity index (χ1n) is 5.18. The van der Waals surface area contributed by atoms with Crippen molar-refractivity contribution in [2.24, 2.45) is 5.84 Å². The van der Waals surface area contributed by atoms with E-state index in [1.807, 2.05) is 20.8 Å². The van der Waals surface area contributed by atoms with Gasteiger partial charge in [0.25, 0.3) is 0 Å². The largest absolute Gasteiger partial charge is 0.474 e. The Morgan fingerprint density at radius 1 is 1.41 bits per heavy atom. The molecule has 0 aliphatic rings. The van der Waals surface area contributed by atoms with Crippen molar-refractivity contribution in [3.63, 3.8) is 0 Å². The highest BCUT2D eigenvalue weighted by molar-refractivity contribution is 6.31. The molecule has 96 valence electrons. The Bertz CT molecular complexity index is 368. The van der Waals surface area contributed by atoms with Crippen LogP contribution in [0.15, 0.2) is 6.20 Å². The zero-order valence-corrected chi connectivity index (χ0v) is 10.9. The maximum Gasteiger partial charge on any atom is 0.240 e. The number of nitrogen functional groups attached to an aromatic ring is 1. The Morgan fingerprint density at radius 2 is 2.12 bits per heavy atom. The lowest BCUT2D eigenvalue weighted by Gasteiger charge is -2.19. The van der Waals surface area contributed by atoms with Gasteiger partial charge in [0, 0.05) is 0 Å². The van der Waals surface area contributed by atoms with E-state index in [-0.39, 0.29) is 17.4 Å². The number of ether oxygens (including phenoxy) is 2. The average molecular weight is 261 g/mol. The van der Waals surface area contributed by atoms with Crippen LogP contribution in [0.25, 0.3) is 0 Å². The van der Waals surface area contributed by atoms with Gasteiger partial charge in [0.15, 0.2) is 0 Å². The molecule has 7 heteroatoms. The van der Waals surface area contributed by atoms with E-state index in [0.717, 1.165) is 0 Å². The summed E-state index contributed by atoms with van der Waals surface area (Å²) in [5.41, 5.74) is 2.13. The molecular formula is C10H17ClN4O2. The Hall–Kier alpha value is -1.11. The van der Waals surface area contributed by atoms with Crippen molar-refractivity contribution in [1.29, 1.82) is 0 Å². The second-order valence-corrected chi connectivity index (χ2v) is 4.71. The number of nitrogens with zero attached hydrogens (tertiary/aromatic N) is 2. The Labute approximate surface area is 105 Å². The Kier molecular flexibility index (Phi) is 4.92. The van der Waals surface area contributed by atoms with Crippen molar-refractivity contribution in [2.45, 2.75) is 26.4 Å². The molecular weight excluding hydrogens is 244 g/mol. The number of aromatic nitrogens is 2. The normalized spacial score (nSPS) is 11.4. The SMILES string of the molecule is CC(C)(C)OCCOc1nc(NN)ncc1Cl. The standard InChI is InChI=1S/C10H17ClN4O2/c1-10(2,3)17-5-4-16-8-7(11)6-13-9(14-8)15-12/h6H,4-5,12H2,1-3H3,(H,13,14,15). The van der Waals surface area contributed by atoms with Gasteiger partial charge in [0.2, 0.25) is 11.8 Å². The molecule has 0 aliphatic carbocycles. The predicted octanol–water partition coefficient (Wildman–Crippen LogP) is 1.61. The molecule has 0 aromatic carbocycles. The van der Waals surface area contributed by atoms with Crippen LogP contribution in [-0.2, 0) is 4.74 Å². The number of hydrogen-bond donors (Lipinski definition) is 2. The highest BCUT2D eigenvalue weighted by Gasteiger charge is 2.10. The third kappa shape index (κ3) is 5.16. The van der Waals surface area contributed by atoms with Crippen molar-refractivity contribution in [3.05, 3.63) is 11.2 Å². The van der Waals surface area contributed by atoms with Crippen molar-refractivity contribution >= 4 is 17.5 Å². The monoisotopic (exact) mass is 260 g/mol. The van der Waals surface area contributed by atoms with Crippen LogP contribution in [0.1, 0.15) is 20.8 Å². The fraction of sp³-hybridized carbons (Fsp3) is 0.600. The lowest BCUT2D eigenvalue weighted by molar-refractivity contribution is -0.0167. The van der Waals surface area contributed by atoms with E-state index in [9.17, 15) is 0 Å². The minimum absolute atomic E-state index is 0.192. The van der Waals surface area contributed by atoms with Crippen LogP contribution in [0.4, 0.5) is 5.95 Å². The summed E-state index contributed by atoms with van der Waals surface area (Å²) in [6.07, 6.45) is 1.42. The van der Waals surface area contributed by atoms with Gasteiger partial charge >= 0.3 is 0 Å². The molecule has 6 nitrogen and oxygen atoms in total. The van der Waals surface area contributed by atoms with Gasteiger partial charge in [0.05, 0.1) is 18.4 Å². The number of nitrogens with one attached hydrogen (secondary N) is 1. The molecule has 1 rings (SSSR count). The van der Waals surface area contributed by atoms with Gasteiger partial charge in [-0.05, 0) is 20.8 Å². The minimum Gasteiger partial charge on any atom is -0.474 e. The molecule has 0 saturated carbocycles. The summed E-state index contributed by atoms with van der Waals surface area (Å²) >= 11 is 5.86. The number of hydrogen-bond acceptors (Lipinski definition) is 6. The number of halogens is 1. The van der Waals surface area contributed by atoms with Crippen LogP contribution in [-0.4, -0.2) is 28.8 Å². The molecule has 0 aliphatic heterocycles. The molecule has 0 fully saturated rings. The summed E-state index contributed by atoms with van der Waals surface area (Å²) in [5.74, 6) is 5.72. The van der Waals surface area contributed by atoms with Crippen LogP contribution in [0, 0.1) is 0 Å². The van der Waals surface area contributed by atoms with Crippen LogP contribution >= 0.6 is 11.6 Å². The van der Waals surface area contributed by atoms with Crippen LogP contribution < -0.4 is 16.0 Å².